The number of benzene rings is 1. The molecule has 1 atom stereocenters. The standard InChI is InChI=1S/C18H19ClF3NO4/c1-8-6-11(25-3)15(26-4)16(27-5)12(8)14(24)13-9(2)10(18(20,21)22)7-23-17(13)19/h6-7,14,24H,1-5H3. The molecule has 2 rings (SSSR count). The molecule has 0 aliphatic heterocycles. The second-order valence-corrected chi connectivity index (χ2v) is 6.14. The monoisotopic (exact) mass is 405 g/mol. The van der Waals surface area contributed by atoms with Gasteiger partial charge in [0.2, 0.25) is 5.75 Å². The van der Waals surface area contributed by atoms with E-state index in [1.54, 1.807) is 13.0 Å². The van der Waals surface area contributed by atoms with Crippen molar-refractivity contribution >= 4 is 11.6 Å². The summed E-state index contributed by atoms with van der Waals surface area (Å²) in [6.07, 6.45) is -5.51. The van der Waals surface area contributed by atoms with Crippen LogP contribution < -0.4 is 14.2 Å². The molecular weight excluding hydrogens is 387 g/mol. The molecule has 2 aromatic rings. The molecule has 1 aromatic carbocycles. The minimum Gasteiger partial charge on any atom is -0.493 e. The van der Waals surface area contributed by atoms with Crippen LogP contribution in [0.4, 0.5) is 13.2 Å². The van der Waals surface area contributed by atoms with Crippen LogP contribution in [0.15, 0.2) is 12.3 Å². The molecule has 1 unspecified atom stereocenters. The maximum Gasteiger partial charge on any atom is 0.418 e. The van der Waals surface area contributed by atoms with Gasteiger partial charge in [0.05, 0.1) is 26.9 Å². The summed E-state index contributed by atoms with van der Waals surface area (Å²) in [7, 11) is 4.17. The second-order valence-electron chi connectivity index (χ2n) is 5.78. The van der Waals surface area contributed by atoms with Crippen molar-refractivity contribution in [3.8, 4) is 17.2 Å². The van der Waals surface area contributed by atoms with Gasteiger partial charge in [-0.25, -0.2) is 4.98 Å². The van der Waals surface area contributed by atoms with E-state index in [0.29, 0.717) is 17.5 Å². The average molecular weight is 406 g/mol. The number of hydrogen-bond donors (Lipinski definition) is 1. The number of hydrogen-bond acceptors (Lipinski definition) is 5. The van der Waals surface area contributed by atoms with Crippen molar-refractivity contribution in [2.45, 2.75) is 26.1 Å². The minimum absolute atomic E-state index is 0.134. The SMILES string of the molecule is COc1cc(C)c(C(O)c2c(Cl)ncc(C(F)(F)F)c2C)c(OC)c1OC. The maximum absolute atomic E-state index is 13.2. The Bertz CT molecular complexity index is 856. The molecule has 0 spiro atoms. The normalized spacial score (nSPS) is 12.7. The number of aryl methyl sites for hydroxylation is 1. The van der Waals surface area contributed by atoms with Gasteiger partial charge in [-0.1, -0.05) is 11.6 Å². The van der Waals surface area contributed by atoms with E-state index in [9.17, 15) is 18.3 Å². The lowest BCUT2D eigenvalue weighted by Crippen LogP contribution is -2.14. The van der Waals surface area contributed by atoms with Crippen molar-refractivity contribution in [2.24, 2.45) is 0 Å². The Labute approximate surface area is 159 Å². The molecule has 0 radical (unpaired) electrons. The van der Waals surface area contributed by atoms with Gasteiger partial charge in [0, 0.05) is 17.3 Å². The van der Waals surface area contributed by atoms with Gasteiger partial charge in [0.1, 0.15) is 11.3 Å². The third kappa shape index (κ3) is 3.77. The Morgan fingerprint density at radius 1 is 1.04 bits per heavy atom. The van der Waals surface area contributed by atoms with Gasteiger partial charge in [-0.3, -0.25) is 0 Å². The molecule has 0 fully saturated rings. The number of rotatable bonds is 5. The number of pyridine rings is 1. The third-order valence-electron chi connectivity index (χ3n) is 4.26. The fourth-order valence-electron chi connectivity index (χ4n) is 2.98. The Morgan fingerprint density at radius 3 is 2.11 bits per heavy atom. The molecule has 27 heavy (non-hydrogen) atoms. The van der Waals surface area contributed by atoms with Crippen LogP contribution in [0.1, 0.15) is 33.9 Å². The van der Waals surface area contributed by atoms with Crippen molar-refractivity contribution in [3.63, 3.8) is 0 Å². The van der Waals surface area contributed by atoms with Crippen LogP contribution in [0.5, 0.6) is 17.2 Å². The second kappa shape index (κ2) is 7.82. The highest BCUT2D eigenvalue weighted by Crippen LogP contribution is 2.47. The number of alkyl halides is 3. The van der Waals surface area contributed by atoms with Crippen molar-refractivity contribution in [1.29, 1.82) is 0 Å². The first kappa shape index (κ1) is 21.1. The van der Waals surface area contributed by atoms with Crippen LogP contribution in [0.3, 0.4) is 0 Å². The number of halogens is 4. The summed E-state index contributed by atoms with van der Waals surface area (Å²) in [6.45, 7) is 2.89. The van der Waals surface area contributed by atoms with E-state index in [1.807, 2.05) is 0 Å². The number of methoxy groups -OCH3 is 3. The lowest BCUT2D eigenvalue weighted by Gasteiger charge is -2.24. The molecule has 1 N–H and O–H groups in total. The molecular formula is C18H19ClF3NO4. The lowest BCUT2D eigenvalue weighted by atomic mass is 9.92. The van der Waals surface area contributed by atoms with E-state index < -0.39 is 17.8 Å². The molecule has 0 aliphatic carbocycles. The molecule has 0 saturated carbocycles. The first-order valence-corrected chi connectivity index (χ1v) is 8.15. The topological polar surface area (TPSA) is 60.8 Å². The maximum atomic E-state index is 13.2. The molecule has 5 nitrogen and oxygen atoms in total. The van der Waals surface area contributed by atoms with E-state index in [-0.39, 0.29) is 33.3 Å². The van der Waals surface area contributed by atoms with E-state index in [0.717, 1.165) is 0 Å². The van der Waals surface area contributed by atoms with E-state index >= 15 is 0 Å². The highest BCUT2D eigenvalue weighted by Gasteiger charge is 2.36. The summed E-state index contributed by atoms with van der Waals surface area (Å²) in [4.78, 5) is 3.60. The molecule has 9 heteroatoms. The fourth-order valence-corrected chi connectivity index (χ4v) is 3.27. The minimum atomic E-state index is -4.63. The summed E-state index contributed by atoms with van der Waals surface area (Å²) in [6, 6.07) is 1.59. The molecule has 148 valence electrons. The lowest BCUT2D eigenvalue weighted by molar-refractivity contribution is -0.138. The summed E-state index contributed by atoms with van der Waals surface area (Å²) in [5.41, 5.74) is -0.615. The molecule has 0 saturated heterocycles. The van der Waals surface area contributed by atoms with E-state index in [2.05, 4.69) is 4.98 Å². The van der Waals surface area contributed by atoms with Crippen LogP contribution in [0.25, 0.3) is 0 Å². The number of aromatic nitrogens is 1. The zero-order chi connectivity index (χ0) is 20.5. The summed E-state index contributed by atoms with van der Waals surface area (Å²) in [5.74, 6) is 0.691. The Morgan fingerprint density at radius 2 is 1.63 bits per heavy atom. The number of aliphatic hydroxyl groups excluding tert-OH is 1. The van der Waals surface area contributed by atoms with Gasteiger partial charge in [-0.05, 0) is 31.0 Å². The smallest absolute Gasteiger partial charge is 0.418 e. The van der Waals surface area contributed by atoms with Gasteiger partial charge < -0.3 is 19.3 Å². The molecule has 0 aliphatic rings. The van der Waals surface area contributed by atoms with Crippen LogP contribution in [-0.4, -0.2) is 31.4 Å². The van der Waals surface area contributed by atoms with Crippen LogP contribution in [-0.2, 0) is 6.18 Å². The molecule has 1 aromatic heterocycles. The quantitative estimate of drug-likeness (QED) is 0.743. The van der Waals surface area contributed by atoms with Gasteiger partial charge in [-0.15, -0.1) is 0 Å². The number of ether oxygens (including phenoxy) is 3. The number of aliphatic hydroxyl groups is 1. The average Bonchev–Trinajstić information content (AvgIpc) is 2.59. The van der Waals surface area contributed by atoms with Gasteiger partial charge >= 0.3 is 6.18 Å². The Hall–Kier alpha value is -2.19. The first-order valence-electron chi connectivity index (χ1n) is 7.78. The van der Waals surface area contributed by atoms with Gasteiger partial charge in [0.15, 0.2) is 11.5 Å². The molecule has 0 amide bonds. The van der Waals surface area contributed by atoms with Crippen molar-refractivity contribution in [3.05, 3.63) is 45.2 Å². The zero-order valence-electron chi connectivity index (χ0n) is 15.4. The van der Waals surface area contributed by atoms with E-state index in [4.69, 9.17) is 25.8 Å². The van der Waals surface area contributed by atoms with Crippen molar-refractivity contribution in [1.82, 2.24) is 4.98 Å². The van der Waals surface area contributed by atoms with Crippen LogP contribution in [0, 0.1) is 13.8 Å². The van der Waals surface area contributed by atoms with E-state index in [1.165, 1.54) is 28.3 Å². The highest BCUT2D eigenvalue weighted by molar-refractivity contribution is 6.30. The van der Waals surface area contributed by atoms with Crippen molar-refractivity contribution in [2.75, 3.05) is 21.3 Å². The highest BCUT2D eigenvalue weighted by atomic mass is 35.5. The van der Waals surface area contributed by atoms with Crippen molar-refractivity contribution < 1.29 is 32.5 Å². The predicted octanol–water partition coefficient (Wildman–Crippen LogP) is 4.48. The summed E-state index contributed by atoms with van der Waals surface area (Å²) in [5, 5.41) is 10.7. The Kier molecular flexibility index (Phi) is 6.11. The first-order chi connectivity index (χ1) is 12.6. The number of nitrogens with zero attached hydrogens (tertiary/aromatic N) is 1. The van der Waals surface area contributed by atoms with Gasteiger partial charge in [-0.2, -0.15) is 13.2 Å². The zero-order valence-corrected chi connectivity index (χ0v) is 16.1. The Balaban J connectivity index is 2.78. The summed E-state index contributed by atoms with van der Waals surface area (Å²) < 4.78 is 55.6. The fraction of sp³-hybridized carbons (Fsp3) is 0.389. The molecule has 0 bridgehead atoms. The summed E-state index contributed by atoms with van der Waals surface area (Å²) >= 11 is 6.04. The third-order valence-corrected chi connectivity index (χ3v) is 4.57. The van der Waals surface area contributed by atoms with Crippen LogP contribution in [0.2, 0.25) is 5.15 Å². The molecule has 1 heterocycles. The largest absolute Gasteiger partial charge is 0.493 e. The van der Waals surface area contributed by atoms with Crippen LogP contribution >= 0.6 is 11.6 Å². The van der Waals surface area contributed by atoms with Gasteiger partial charge in [0.25, 0.3) is 0 Å². The predicted molar refractivity (Wildman–Crippen MR) is 93.9 cm³/mol.